The van der Waals surface area contributed by atoms with Crippen LogP contribution in [-0.4, -0.2) is 5.97 Å². The number of carbonyl (C=O) groups excluding carboxylic acids is 1. The standard InChI is InChI=1S/C23H23NO3/c1-16(14-24)12-20-21(23(20,2)3)22(25)26-15-17-8-7-11-19(13-17)27-18-9-5-4-6-10-18/h4-13,20-21H,15H2,1-3H3/t20-,21-/m0/s1. The smallest absolute Gasteiger partial charge is 0.310 e. The maximum absolute atomic E-state index is 12.5. The van der Waals surface area contributed by atoms with Gasteiger partial charge in [0.2, 0.25) is 0 Å². The fourth-order valence-electron chi connectivity index (χ4n) is 3.31. The summed E-state index contributed by atoms with van der Waals surface area (Å²) in [7, 11) is 0. The summed E-state index contributed by atoms with van der Waals surface area (Å²) in [6.45, 7) is 6.01. The van der Waals surface area contributed by atoms with Crippen LogP contribution >= 0.6 is 0 Å². The van der Waals surface area contributed by atoms with Crippen molar-refractivity contribution in [1.29, 1.82) is 5.26 Å². The molecule has 1 aliphatic rings. The fourth-order valence-corrected chi connectivity index (χ4v) is 3.31. The van der Waals surface area contributed by atoms with E-state index in [1.165, 1.54) is 0 Å². The van der Waals surface area contributed by atoms with E-state index < -0.39 is 0 Å². The lowest BCUT2D eigenvalue weighted by molar-refractivity contribution is -0.147. The number of ether oxygens (including phenoxy) is 2. The molecular weight excluding hydrogens is 338 g/mol. The Labute approximate surface area is 160 Å². The zero-order valence-electron chi connectivity index (χ0n) is 15.8. The third-order valence-electron chi connectivity index (χ3n) is 5.03. The number of para-hydroxylation sites is 1. The predicted molar refractivity (Wildman–Crippen MR) is 103 cm³/mol. The van der Waals surface area contributed by atoms with Crippen molar-refractivity contribution in [2.45, 2.75) is 27.4 Å². The molecule has 0 bridgehead atoms. The first-order valence-electron chi connectivity index (χ1n) is 8.99. The molecule has 4 nitrogen and oxygen atoms in total. The van der Waals surface area contributed by atoms with E-state index in [0.717, 1.165) is 11.3 Å². The second-order valence-corrected chi connectivity index (χ2v) is 7.46. The number of nitriles is 1. The zero-order valence-corrected chi connectivity index (χ0v) is 15.8. The Morgan fingerprint density at radius 1 is 1.15 bits per heavy atom. The molecule has 4 heteroatoms. The second-order valence-electron chi connectivity index (χ2n) is 7.46. The normalized spacial score (nSPS) is 20.4. The summed E-state index contributed by atoms with van der Waals surface area (Å²) < 4.78 is 11.3. The topological polar surface area (TPSA) is 59.3 Å². The molecule has 0 amide bonds. The maximum atomic E-state index is 12.5. The van der Waals surface area contributed by atoms with Gasteiger partial charge >= 0.3 is 5.97 Å². The Morgan fingerprint density at radius 2 is 1.85 bits per heavy atom. The zero-order chi connectivity index (χ0) is 19.4. The van der Waals surface area contributed by atoms with Crippen molar-refractivity contribution in [1.82, 2.24) is 0 Å². The van der Waals surface area contributed by atoms with Gasteiger partial charge in [-0.25, -0.2) is 0 Å². The molecule has 0 heterocycles. The highest BCUT2D eigenvalue weighted by atomic mass is 16.5. The summed E-state index contributed by atoms with van der Waals surface area (Å²) in [6.07, 6.45) is 1.88. The van der Waals surface area contributed by atoms with Gasteiger partial charge in [-0.1, -0.05) is 50.3 Å². The fraction of sp³-hybridized carbons (Fsp3) is 0.304. The Kier molecular flexibility index (Phi) is 5.32. The number of benzene rings is 2. The van der Waals surface area contributed by atoms with E-state index in [-0.39, 0.29) is 29.8 Å². The SMILES string of the molecule is CC(C#N)=C[C@H]1[C@@H](C(=O)OCc2cccc(Oc3ccccc3)c2)C1(C)C. The number of nitrogens with zero attached hydrogens (tertiary/aromatic N) is 1. The van der Waals surface area contributed by atoms with Gasteiger partial charge in [-0.05, 0) is 48.1 Å². The van der Waals surface area contributed by atoms with Gasteiger partial charge in [-0.2, -0.15) is 5.26 Å². The number of hydrogen-bond donors (Lipinski definition) is 0. The van der Waals surface area contributed by atoms with Crippen LogP contribution in [0.25, 0.3) is 0 Å². The largest absolute Gasteiger partial charge is 0.461 e. The van der Waals surface area contributed by atoms with Crippen LogP contribution in [0, 0.1) is 28.6 Å². The van der Waals surface area contributed by atoms with Crippen LogP contribution in [0.2, 0.25) is 0 Å². The first kappa shape index (κ1) is 18.7. The van der Waals surface area contributed by atoms with Crippen molar-refractivity contribution in [3.05, 3.63) is 71.8 Å². The summed E-state index contributed by atoms with van der Waals surface area (Å²) >= 11 is 0. The van der Waals surface area contributed by atoms with Crippen molar-refractivity contribution in [3.63, 3.8) is 0 Å². The molecule has 0 N–H and O–H groups in total. The molecule has 0 radical (unpaired) electrons. The van der Waals surface area contributed by atoms with Crippen molar-refractivity contribution in [2.75, 3.05) is 0 Å². The molecule has 0 unspecified atom stereocenters. The summed E-state index contributed by atoms with van der Waals surface area (Å²) in [6, 6.07) is 19.2. The van der Waals surface area contributed by atoms with Gasteiger partial charge in [0, 0.05) is 5.57 Å². The number of esters is 1. The van der Waals surface area contributed by atoms with Gasteiger partial charge < -0.3 is 9.47 Å². The third kappa shape index (κ3) is 4.38. The molecule has 0 saturated heterocycles. The van der Waals surface area contributed by atoms with E-state index in [4.69, 9.17) is 14.7 Å². The molecule has 2 aromatic rings. The maximum Gasteiger partial charge on any atom is 0.310 e. The van der Waals surface area contributed by atoms with E-state index >= 15 is 0 Å². The van der Waals surface area contributed by atoms with Crippen molar-refractivity contribution >= 4 is 5.97 Å². The van der Waals surface area contributed by atoms with E-state index in [0.29, 0.717) is 11.3 Å². The molecule has 0 aromatic heterocycles. The van der Waals surface area contributed by atoms with E-state index in [9.17, 15) is 4.79 Å². The van der Waals surface area contributed by atoms with Gasteiger partial charge in [0.25, 0.3) is 0 Å². The Morgan fingerprint density at radius 3 is 2.56 bits per heavy atom. The minimum atomic E-state index is -0.221. The van der Waals surface area contributed by atoms with E-state index in [1.54, 1.807) is 6.92 Å². The van der Waals surface area contributed by atoms with Gasteiger partial charge in [0.05, 0.1) is 12.0 Å². The molecular formula is C23H23NO3. The Bertz CT molecular complexity index is 893. The van der Waals surface area contributed by atoms with Crippen molar-refractivity contribution in [3.8, 4) is 17.6 Å². The lowest BCUT2D eigenvalue weighted by Gasteiger charge is -2.09. The quantitative estimate of drug-likeness (QED) is 0.520. The minimum Gasteiger partial charge on any atom is -0.461 e. The van der Waals surface area contributed by atoms with Gasteiger partial charge in [-0.3, -0.25) is 4.79 Å². The van der Waals surface area contributed by atoms with Gasteiger partial charge in [0.1, 0.15) is 18.1 Å². The highest BCUT2D eigenvalue weighted by Crippen LogP contribution is 2.59. The van der Waals surface area contributed by atoms with Crippen molar-refractivity contribution in [2.24, 2.45) is 17.3 Å². The van der Waals surface area contributed by atoms with Gasteiger partial charge in [0.15, 0.2) is 0 Å². The van der Waals surface area contributed by atoms with Gasteiger partial charge in [-0.15, -0.1) is 0 Å². The second kappa shape index (κ2) is 7.67. The van der Waals surface area contributed by atoms with Crippen LogP contribution in [0.3, 0.4) is 0 Å². The lowest BCUT2D eigenvalue weighted by atomic mass is 10.1. The summed E-state index contributed by atoms with van der Waals surface area (Å²) in [5, 5.41) is 8.94. The molecule has 3 rings (SSSR count). The lowest BCUT2D eigenvalue weighted by Crippen LogP contribution is -2.10. The molecule has 0 spiro atoms. The van der Waals surface area contributed by atoms with Crippen LogP contribution in [0.4, 0.5) is 0 Å². The molecule has 0 aliphatic heterocycles. The van der Waals surface area contributed by atoms with Crippen LogP contribution in [0.15, 0.2) is 66.2 Å². The van der Waals surface area contributed by atoms with Crippen LogP contribution in [0.5, 0.6) is 11.5 Å². The number of allylic oxidation sites excluding steroid dienone is 2. The third-order valence-corrected chi connectivity index (χ3v) is 5.03. The summed E-state index contributed by atoms with van der Waals surface area (Å²) in [5.74, 6) is 1.09. The van der Waals surface area contributed by atoms with Crippen LogP contribution in [-0.2, 0) is 16.1 Å². The first-order valence-corrected chi connectivity index (χ1v) is 8.99. The summed E-state index contributed by atoms with van der Waals surface area (Å²) in [4.78, 5) is 12.5. The average molecular weight is 361 g/mol. The molecule has 2 aromatic carbocycles. The van der Waals surface area contributed by atoms with E-state index in [2.05, 4.69) is 6.07 Å². The first-order chi connectivity index (χ1) is 12.9. The predicted octanol–water partition coefficient (Wildman–Crippen LogP) is 5.26. The van der Waals surface area contributed by atoms with Crippen LogP contribution < -0.4 is 4.74 Å². The number of rotatable bonds is 6. The van der Waals surface area contributed by atoms with Crippen molar-refractivity contribution < 1.29 is 14.3 Å². The van der Waals surface area contributed by atoms with Crippen LogP contribution in [0.1, 0.15) is 26.3 Å². The molecule has 1 fully saturated rings. The molecule has 2 atom stereocenters. The summed E-state index contributed by atoms with van der Waals surface area (Å²) in [5.41, 5.74) is 1.33. The minimum absolute atomic E-state index is 0.0531. The number of carbonyl (C=O) groups is 1. The molecule has 1 aliphatic carbocycles. The highest BCUT2D eigenvalue weighted by Gasteiger charge is 2.61. The Balaban J connectivity index is 1.60. The monoisotopic (exact) mass is 361 g/mol. The molecule has 1 saturated carbocycles. The van der Waals surface area contributed by atoms with E-state index in [1.807, 2.05) is 74.5 Å². The molecule has 27 heavy (non-hydrogen) atoms. The number of hydrogen-bond acceptors (Lipinski definition) is 4. The Hall–Kier alpha value is -3.06. The average Bonchev–Trinajstić information content (AvgIpc) is 3.20. The molecule has 138 valence electrons. The highest BCUT2D eigenvalue weighted by molar-refractivity contribution is 5.78.